The van der Waals surface area contributed by atoms with Gasteiger partial charge in [-0.1, -0.05) is 13.0 Å². The number of amides is 1. The highest BCUT2D eigenvalue weighted by molar-refractivity contribution is 7.10. The van der Waals surface area contributed by atoms with Crippen molar-refractivity contribution in [2.24, 2.45) is 17.6 Å². The minimum absolute atomic E-state index is 0.0150. The maximum atomic E-state index is 12.6. The monoisotopic (exact) mass is 365 g/mol. The number of hydrogen-bond donors (Lipinski definition) is 2. The Balaban J connectivity index is 1.57. The molecule has 3 N–H and O–H groups in total. The van der Waals surface area contributed by atoms with Gasteiger partial charge in [-0.25, -0.2) is 0 Å². The van der Waals surface area contributed by atoms with Crippen LogP contribution in [0, 0.1) is 11.8 Å². The number of ether oxygens (including phenoxy) is 1. The van der Waals surface area contributed by atoms with E-state index in [0.717, 1.165) is 45.1 Å². The lowest BCUT2D eigenvalue weighted by atomic mass is 9.92. The Morgan fingerprint density at radius 3 is 2.72 bits per heavy atom. The zero-order chi connectivity index (χ0) is 17.6. The summed E-state index contributed by atoms with van der Waals surface area (Å²) in [4.78, 5) is 16.4. The summed E-state index contributed by atoms with van der Waals surface area (Å²) in [6.07, 6.45) is 4.23. The fraction of sp³-hybridized carbons (Fsp3) is 0.737. The van der Waals surface area contributed by atoms with E-state index in [1.807, 2.05) is 0 Å². The van der Waals surface area contributed by atoms with Gasteiger partial charge < -0.3 is 15.8 Å². The summed E-state index contributed by atoms with van der Waals surface area (Å²) in [6.45, 7) is 6.61. The molecule has 140 valence electrons. The number of thiophene rings is 1. The van der Waals surface area contributed by atoms with E-state index < -0.39 is 6.04 Å². The first-order valence-corrected chi connectivity index (χ1v) is 10.4. The summed E-state index contributed by atoms with van der Waals surface area (Å²) >= 11 is 1.77. The second kappa shape index (κ2) is 9.12. The molecule has 0 spiro atoms. The van der Waals surface area contributed by atoms with Gasteiger partial charge in [0.25, 0.3) is 0 Å². The van der Waals surface area contributed by atoms with Crippen molar-refractivity contribution in [2.75, 3.05) is 32.8 Å². The lowest BCUT2D eigenvalue weighted by Crippen LogP contribution is -2.49. The van der Waals surface area contributed by atoms with E-state index in [4.69, 9.17) is 10.5 Å². The molecule has 2 unspecified atom stereocenters. The third-order valence-electron chi connectivity index (χ3n) is 5.68. The first kappa shape index (κ1) is 18.8. The molecule has 2 aliphatic rings. The summed E-state index contributed by atoms with van der Waals surface area (Å²) in [6, 6.07) is 4.11. The molecule has 0 saturated carbocycles. The van der Waals surface area contributed by atoms with Gasteiger partial charge in [0, 0.05) is 24.6 Å². The number of nitrogens with two attached hydrogens (primary N) is 1. The van der Waals surface area contributed by atoms with E-state index in [1.54, 1.807) is 11.3 Å². The van der Waals surface area contributed by atoms with E-state index in [2.05, 4.69) is 34.7 Å². The highest BCUT2D eigenvalue weighted by atomic mass is 32.1. The molecule has 0 radical (unpaired) electrons. The molecular weight excluding hydrogens is 334 g/mol. The van der Waals surface area contributed by atoms with Crippen LogP contribution in [0.5, 0.6) is 0 Å². The van der Waals surface area contributed by atoms with Crippen molar-refractivity contribution >= 4 is 17.2 Å². The van der Waals surface area contributed by atoms with E-state index in [-0.39, 0.29) is 17.9 Å². The summed E-state index contributed by atoms with van der Waals surface area (Å²) in [5.41, 5.74) is 6.21. The molecule has 1 aromatic heterocycles. The second-order valence-corrected chi connectivity index (χ2v) is 8.45. The predicted octanol–water partition coefficient (Wildman–Crippen LogP) is 2.39. The van der Waals surface area contributed by atoms with Crippen LogP contribution in [0.25, 0.3) is 0 Å². The summed E-state index contributed by atoms with van der Waals surface area (Å²) < 4.78 is 5.37. The highest BCUT2D eigenvalue weighted by Crippen LogP contribution is 2.29. The van der Waals surface area contributed by atoms with Crippen LogP contribution in [0.1, 0.15) is 43.5 Å². The van der Waals surface area contributed by atoms with Gasteiger partial charge in [0.15, 0.2) is 0 Å². The molecule has 1 aromatic rings. The van der Waals surface area contributed by atoms with Crippen molar-refractivity contribution in [3.63, 3.8) is 0 Å². The number of likely N-dealkylation sites (tertiary alicyclic amines) is 1. The highest BCUT2D eigenvalue weighted by Gasteiger charge is 2.29. The third kappa shape index (κ3) is 5.03. The maximum absolute atomic E-state index is 12.6. The van der Waals surface area contributed by atoms with Gasteiger partial charge in [0.1, 0.15) is 0 Å². The first-order valence-electron chi connectivity index (χ1n) is 9.53. The Hall–Kier alpha value is -0.950. The smallest absolute Gasteiger partial charge is 0.237 e. The van der Waals surface area contributed by atoms with Gasteiger partial charge in [-0.2, -0.15) is 0 Å². The Labute approximate surface area is 154 Å². The molecule has 2 atom stereocenters. The molecule has 0 aliphatic carbocycles. The minimum atomic E-state index is -0.422. The normalized spacial score (nSPS) is 23.3. The molecule has 6 heteroatoms. The van der Waals surface area contributed by atoms with Gasteiger partial charge in [0.2, 0.25) is 5.91 Å². The molecule has 0 aromatic carbocycles. The molecule has 5 nitrogen and oxygen atoms in total. The van der Waals surface area contributed by atoms with Crippen LogP contribution in [-0.4, -0.2) is 49.7 Å². The van der Waals surface area contributed by atoms with Gasteiger partial charge >= 0.3 is 0 Å². The number of carbonyl (C=O) groups excluding carboxylic acids is 1. The summed E-state index contributed by atoms with van der Waals surface area (Å²) in [7, 11) is 0. The van der Waals surface area contributed by atoms with Crippen molar-refractivity contribution in [1.29, 1.82) is 0 Å². The van der Waals surface area contributed by atoms with Gasteiger partial charge in [-0.3, -0.25) is 9.69 Å². The molecule has 2 saturated heterocycles. The molecule has 2 aliphatic heterocycles. The van der Waals surface area contributed by atoms with Gasteiger partial charge in [0.05, 0.1) is 12.1 Å². The van der Waals surface area contributed by atoms with Crippen LogP contribution in [0.3, 0.4) is 0 Å². The number of piperidine rings is 1. The fourth-order valence-electron chi connectivity index (χ4n) is 3.83. The second-order valence-electron chi connectivity index (χ2n) is 7.47. The molecule has 1 amide bonds. The molecule has 0 bridgehead atoms. The van der Waals surface area contributed by atoms with Gasteiger partial charge in [-0.15, -0.1) is 11.3 Å². The Morgan fingerprint density at radius 2 is 2.08 bits per heavy atom. The Bertz CT molecular complexity index is 523. The Morgan fingerprint density at radius 1 is 1.36 bits per heavy atom. The Kier molecular flexibility index (Phi) is 6.87. The van der Waals surface area contributed by atoms with Crippen LogP contribution in [0.4, 0.5) is 0 Å². The van der Waals surface area contributed by atoms with E-state index in [9.17, 15) is 4.79 Å². The number of nitrogens with one attached hydrogen (secondary N) is 1. The van der Waals surface area contributed by atoms with Crippen LogP contribution < -0.4 is 11.1 Å². The maximum Gasteiger partial charge on any atom is 0.237 e. The van der Waals surface area contributed by atoms with E-state index >= 15 is 0 Å². The van der Waals surface area contributed by atoms with E-state index in [1.165, 1.54) is 17.7 Å². The van der Waals surface area contributed by atoms with Crippen LogP contribution in [0.2, 0.25) is 0 Å². The van der Waals surface area contributed by atoms with Crippen LogP contribution >= 0.6 is 11.3 Å². The van der Waals surface area contributed by atoms with Gasteiger partial charge in [-0.05, 0) is 62.1 Å². The lowest BCUT2D eigenvalue weighted by Gasteiger charge is -2.36. The average Bonchev–Trinajstić information content (AvgIpc) is 3.17. The molecule has 3 heterocycles. The largest absolute Gasteiger partial charge is 0.381 e. The fourth-order valence-corrected chi connectivity index (χ4v) is 4.70. The number of rotatable bonds is 6. The topological polar surface area (TPSA) is 67.6 Å². The van der Waals surface area contributed by atoms with Crippen molar-refractivity contribution in [3.05, 3.63) is 22.4 Å². The van der Waals surface area contributed by atoms with Crippen molar-refractivity contribution in [3.8, 4) is 0 Å². The minimum Gasteiger partial charge on any atom is -0.381 e. The average molecular weight is 366 g/mol. The van der Waals surface area contributed by atoms with Crippen molar-refractivity contribution in [2.45, 2.75) is 44.7 Å². The predicted molar refractivity (Wildman–Crippen MR) is 102 cm³/mol. The SMILES string of the molecule is CC1CCN(C(CNC(=O)C(N)C2CCOCC2)c2cccs2)CC1. The summed E-state index contributed by atoms with van der Waals surface area (Å²) in [5, 5.41) is 5.25. The molecular formula is C19H31N3O2S. The van der Waals surface area contributed by atoms with E-state index in [0.29, 0.717) is 6.54 Å². The standard InChI is InChI=1S/C19H31N3O2S/c1-14-4-8-22(9-5-14)16(17-3-2-12-25-17)13-21-19(23)18(20)15-6-10-24-11-7-15/h2-3,12,14-16,18H,4-11,13,20H2,1H3,(H,21,23). The van der Waals surface area contributed by atoms with Crippen LogP contribution in [-0.2, 0) is 9.53 Å². The molecule has 3 rings (SSSR count). The third-order valence-corrected chi connectivity index (χ3v) is 6.65. The number of nitrogens with zero attached hydrogens (tertiary/aromatic N) is 1. The lowest BCUT2D eigenvalue weighted by molar-refractivity contribution is -0.124. The first-order chi connectivity index (χ1) is 12.1. The number of hydrogen-bond acceptors (Lipinski definition) is 5. The molecule has 2 fully saturated rings. The zero-order valence-electron chi connectivity index (χ0n) is 15.2. The molecule has 25 heavy (non-hydrogen) atoms. The van der Waals surface area contributed by atoms with Crippen molar-refractivity contribution in [1.82, 2.24) is 10.2 Å². The van der Waals surface area contributed by atoms with Crippen molar-refractivity contribution < 1.29 is 9.53 Å². The van der Waals surface area contributed by atoms with Crippen LogP contribution in [0.15, 0.2) is 17.5 Å². The summed E-state index contributed by atoms with van der Waals surface area (Å²) in [5.74, 6) is 1.03. The quantitative estimate of drug-likeness (QED) is 0.812. The number of carbonyl (C=O) groups is 1. The zero-order valence-corrected chi connectivity index (χ0v) is 16.0.